The highest BCUT2D eigenvalue weighted by Gasteiger charge is 2.23. The Bertz CT molecular complexity index is 691. The molecule has 0 spiro atoms. The van der Waals surface area contributed by atoms with Crippen LogP contribution in [0, 0.1) is 0 Å². The van der Waals surface area contributed by atoms with Crippen LogP contribution in [-0.4, -0.2) is 39.3 Å². The Morgan fingerprint density at radius 2 is 2.30 bits per heavy atom. The SMILES string of the molecule is C[C@@H]1CCCCN1C(=O)CSc1nnc(-c2cccc(Br)c2)o1. The second-order valence-corrected chi connectivity index (χ2v) is 7.45. The number of halogens is 1. The van der Waals surface area contributed by atoms with Crippen molar-refractivity contribution in [3.05, 3.63) is 28.7 Å². The van der Waals surface area contributed by atoms with Crippen LogP contribution in [0.15, 0.2) is 38.4 Å². The molecule has 0 N–H and O–H groups in total. The maximum Gasteiger partial charge on any atom is 0.277 e. The molecule has 3 rings (SSSR count). The Morgan fingerprint density at radius 3 is 3.09 bits per heavy atom. The average molecular weight is 396 g/mol. The number of benzene rings is 1. The number of carbonyl (C=O) groups is 1. The van der Waals surface area contributed by atoms with Gasteiger partial charge in [0.2, 0.25) is 11.8 Å². The molecule has 1 aliphatic heterocycles. The van der Waals surface area contributed by atoms with Crippen LogP contribution < -0.4 is 0 Å². The first-order chi connectivity index (χ1) is 11.1. The molecule has 23 heavy (non-hydrogen) atoms. The van der Waals surface area contributed by atoms with Crippen molar-refractivity contribution >= 4 is 33.6 Å². The Kier molecular flexibility index (Phi) is 5.38. The van der Waals surface area contributed by atoms with Crippen molar-refractivity contribution < 1.29 is 9.21 Å². The van der Waals surface area contributed by atoms with Gasteiger partial charge in [0, 0.05) is 22.6 Å². The Labute approximate surface area is 148 Å². The topological polar surface area (TPSA) is 59.2 Å². The Morgan fingerprint density at radius 1 is 1.43 bits per heavy atom. The summed E-state index contributed by atoms with van der Waals surface area (Å²) in [6, 6.07) is 8.01. The summed E-state index contributed by atoms with van der Waals surface area (Å²) in [7, 11) is 0. The number of aromatic nitrogens is 2. The summed E-state index contributed by atoms with van der Waals surface area (Å²) in [5.41, 5.74) is 0.856. The highest BCUT2D eigenvalue weighted by molar-refractivity contribution is 9.10. The maximum absolute atomic E-state index is 12.3. The number of hydrogen-bond donors (Lipinski definition) is 0. The fourth-order valence-corrected chi connectivity index (χ4v) is 3.73. The molecule has 1 fully saturated rings. The largest absolute Gasteiger partial charge is 0.411 e. The molecule has 0 radical (unpaired) electrons. The summed E-state index contributed by atoms with van der Waals surface area (Å²) in [5.74, 6) is 0.946. The average Bonchev–Trinajstić information content (AvgIpc) is 3.02. The second kappa shape index (κ2) is 7.49. The molecule has 0 bridgehead atoms. The summed E-state index contributed by atoms with van der Waals surface area (Å²) in [6.45, 7) is 2.97. The van der Waals surface area contributed by atoms with Crippen molar-refractivity contribution in [1.82, 2.24) is 15.1 Å². The molecule has 0 saturated carbocycles. The fraction of sp³-hybridized carbons (Fsp3) is 0.438. The van der Waals surface area contributed by atoms with Crippen molar-refractivity contribution in [2.45, 2.75) is 37.5 Å². The molecular weight excluding hydrogens is 378 g/mol. The third-order valence-corrected chi connectivity index (χ3v) is 5.22. The van der Waals surface area contributed by atoms with Gasteiger partial charge in [-0.05, 0) is 44.4 Å². The van der Waals surface area contributed by atoms with E-state index in [0.717, 1.165) is 29.4 Å². The van der Waals surface area contributed by atoms with Crippen LogP contribution in [0.1, 0.15) is 26.2 Å². The highest BCUT2D eigenvalue weighted by Crippen LogP contribution is 2.26. The van der Waals surface area contributed by atoms with Crippen LogP contribution in [0.5, 0.6) is 0 Å². The molecule has 0 aliphatic carbocycles. The Hall–Kier alpha value is -1.34. The zero-order valence-electron chi connectivity index (χ0n) is 12.9. The van der Waals surface area contributed by atoms with Crippen LogP contribution in [-0.2, 0) is 4.79 Å². The van der Waals surface area contributed by atoms with Crippen LogP contribution in [0.2, 0.25) is 0 Å². The number of thioether (sulfide) groups is 1. The van der Waals surface area contributed by atoms with Crippen LogP contribution in [0.25, 0.3) is 11.5 Å². The summed E-state index contributed by atoms with van der Waals surface area (Å²) < 4.78 is 6.59. The zero-order valence-corrected chi connectivity index (χ0v) is 15.3. The number of likely N-dealkylation sites (tertiary alicyclic amines) is 1. The third-order valence-electron chi connectivity index (χ3n) is 3.92. The lowest BCUT2D eigenvalue weighted by Crippen LogP contribution is -2.42. The van der Waals surface area contributed by atoms with Gasteiger partial charge >= 0.3 is 0 Å². The first-order valence-corrected chi connectivity index (χ1v) is 9.43. The summed E-state index contributed by atoms with van der Waals surface area (Å²) in [6.07, 6.45) is 3.38. The molecule has 5 nitrogen and oxygen atoms in total. The van der Waals surface area contributed by atoms with Gasteiger partial charge in [-0.15, -0.1) is 10.2 Å². The first-order valence-electron chi connectivity index (χ1n) is 7.65. The number of carbonyl (C=O) groups excluding carboxylic acids is 1. The quantitative estimate of drug-likeness (QED) is 0.732. The summed E-state index contributed by atoms with van der Waals surface area (Å²) >= 11 is 4.72. The molecule has 1 aliphatic rings. The monoisotopic (exact) mass is 395 g/mol. The molecule has 1 aromatic heterocycles. The van der Waals surface area contributed by atoms with Crippen LogP contribution >= 0.6 is 27.7 Å². The molecule has 7 heteroatoms. The first kappa shape index (κ1) is 16.5. The van der Waals surface area contributed by atoms with Gasteiger partial charge in [0.1, 0.15) is 0 Å². The van der Waals surface area contributed by atoms with E-state index in [2.05, 4.69) is 33.1 Å². The molecule has 122 valence electrons. The number of rotatable bonds is 4. The molecule has 1 amide bonds. The normalized spacial score (nSPS) is 18.2. The van der Waals surface area contributed by atoms with Crippen LogP contribution in [0.4, 0.5) is 0 Å². The molecular formula is C16H18BrN3O2S. The van der Waals surface area contributed by atoms with Gasteiger partial charge in [-0.1, -0.05) is 33.8 Å². The van der Waals surface area contributed by atoms with E-state index in [0.29, 0.717) is 22.9 Å². The highest BCUT2D eigenvalue weighted by atomic mass is 79.9. The van der Waals surface area contributed by atoms with E-state index in [4.69, 9.17) is 4.42 Å². The molecule has 2 aromatic rings. The van der Waals surface area contributed by atoms with Gasteiger partial charge in [-0.25, -0.2) is 0 Å². The molecule has 0 unspecified atom stereocenters. The van der Waals surface area contributed by atoms with Gasteiger partial charge in [-0.3, -0.25) is 4.79 Å². The molecule has 1 atom stereocenters. The van der Waals surface area contributed by atoms with Crippen molar-refractivity contribution in [2.24, 2.45) is 0 Å². The number of piperidine rings is 1. The van der Waals surface area contributed by atoms with E-state index in [1.807, 2.05) is 29.2 Å². The van der Waals surface area contributed by atoms with Crippen molar-refractivity contribution in [3.8, 4) is 11.5 Å². The lowest BCUT2D eigenvalue weighted by Gasteiger charge is -2.33. The van der Waals surface area contributed by atoms with E-state index in [1.54, 1.807) is 0 Å². The zero-order chi connectivity index (χ0) is 16.2. The van der Waals surface area contributed by atoms with E-state index in [1.165, 1.54) is 18.2 Å². The lowest BCUT2D eigenvalue weighted by molar-refractivity contribution is -0.131. The number of hydrogen-bond acceptors (Lipinski definition) is 5. The minimum absolute atomic E-state index is 0.143. The van der Waals surface area contributed by atoms with Gasteiger partial charge in [-0.2, -0.15) is 0 Å². The van der Waals surface area contributed by atoms with Crippen molar-refractivity contribution in [2.75, 3.05) is 12.3 Å². The van der Waals surface area contributed by atoms with E-state index >= 15 is 0 Å². The predicted octanol–water partition coefficient (Wildman–Crippen LogP) is 3.99. The maximum atomic E-state index is 12.3. The minimum Gasteiger partial charge on any atom is -0.411 e. The van der Waals surface area contributed by atoms with Crippen molar-refractivity contribution in [3.63, 3.8) is 0 Å². The van der Waals surface area contributed by atoms with Gasteiger partial charge in [0.05, 0.1) is 5.75 Å². The van der Waals surface area contributed by atoms with Crippen molar-refractivity contribution in [1.29, 1.82) is 0 Å². The molecule has 2 heterocycles. The summed E-state index contributed by atoms with van der Waals surface area (Å²) in [5, 5.41) is 8.50. The van der Waals surface area contributed by atoms with E-state index in [9.17, 15) is 4.79 Å². The second-order valence-electron chi connectivity index (χ2n) is 5.60. The van der Waals surface area contributed by atoms with E-state index in [-0.39, 0.29) is 5.91 Å². The van der Waals surface area contributed by atoms with E-state index < -0.39 is 0 Å². The smallest absolute Gasteiger partial charge is 0.277 e. The van der Waals surface area contributed by atoms with Gasteiger partial charge in [0.25, 0.3) is 5.22 Å². The number of nitrogens with zero attached hydrogens (tertiary/aromatic N) is 3. The fourth-order valence-electron chi connectivity index (χ4n) is 2.68. The van der Waals surface area contributed by atoms with Crippen LogP contribution in [0.3, 0.4) is 0 Å². The van der Waals surface area contributed by atoms with Gasteiger partial charge in [0.15, 0.2) is 0 Å². The number of amides is 1. The lowest BCUT2D eigenvalue weighted by atomic mass is 10.0. The molecule has 1 saturated heterocycles. The summed E-state index contributed by atoms with van der Waals surface area (Å²) in [4.78, 5) is 14.3. The minimum atomic E-state index is 0.143. The van der Waals surface area contributed by atoms with Gasteiger partial charge < -0.3 is 9.32 Å². The standard InChI is InChI=1S/C16H18BrN3O2S/c1-11-5-2-3-8-20(11)14(21)10-23-16-19-18-15(22-16)12-6-4-7-13(17)9-12/h4,6-7,9,11H,2-3,5,8,10H2,1H3/t11-/m1/s1. The third kappa shape index (κ3) is 4.14. The molecule has 1 aromatic carbocycles. The Balaban J connectivity index is 1.60. The predicted molar refractivity (Wildman–Crippen MR) is 93.2 cm³/mol.